The van der Waals surface area contributed by atoms with Crippen molar-refractivity contribution in [2.75, 3.05) is 5.32 Å². The van der Waals surface area contributed by atoms with Crippen LogP contribution >= 0.6 is 11.3 Å². The molecule has 0 bridgehead atoms. The van der Waals surface area contributed by atoms with Crippen molar-refractivity contribution >= 4 is 17.0 Å². The maximum atomic E-state index is 5.36. The molecule has 1 aromatic carbocycles. The van der Waals surface area contributed by atoms with Crippen molar-refractivity contribution in [3.63, 3.8) is 0 Å². The number of hydrogen-bond donors (Lipinski definition) is 1. The van der Waals surface area contributed by atoms with Gasteiger partial charge in [0.05, 0.1) is 11.6 Å². The second-order valence-corrected chi connectivity index (χ2v) is 4.41. The van der Waals surface area contributed by atoms with Gasteiger partial charge in [0, 0.05) is 22.3 Å². The largest absolute Gasteiger partial charge is 0.378 e. The average Bonchev–Trinajstić information content (AvgIpc) is 2.83. The Morgan fingerprint density at radius 2 is 2.38 bits per heavy atom. The van der Waals surface area contributed by atoms with Crippen LogP contribution in [0, 0.1) is 12.3 Å². The van der Waals surface area contributed by atoms with E-state index in [1.165, 1.54) is 4.88 Å². The zero-order valence-electron chi connectivity index (χ0n) is 8.97. The molecule has 1 aromatic heterocycles. The highest BCUT2D eigenvalue weighted by atomic mass is 32.1. The second kappa shape index (κ2) is 4.82. The van der Waals surface area contributed by atoms with Gasteiger partial charge >= 0.3 is 0 Å². The van der Waals surface area contributed by atoms with Gasteiger partial charge in [0.2, 0.25) is 0 Å². The van der Waals surface area contributed by atoms with Gasteiger partial charge in [0.15, 0.2) is 0 Å². The van der Waals surface area contributed by atoms with E-state index in [0.717, 1.165) is 11.3 Å². The van der Waals surface area contributed by atoms with Gasteiger partial charge in [0.1, 0.15) is 0 Å². The van der Waals surface area contributed by atoms with E-state index < -0.39 is 0 Å². The lowest BCUT2D eigenvalue weighted by Crippen LogP contribution is -2.04. The Morgan fingerprint density at radius 1 is 1.50 bits per heavy atom. The van der Waals surface area contributed by atoms with Crippen LogP contribution in [-0.2, 0) is 0 Å². The topological polar surface area (TPSA) is 24.9 Å². The lowest BCUT2D eigenvalue weighted by atomic mass is 10.2. The highest BCUT2D eigenvalue weighted by Gasteiger charge is 2.06. The number of aromatic nitrogens is 1. The SMILES string of the molecule is C#Cc1cccc(NC(C)c2cncs2)c1. The normalized spacial score (nSPS) is 11.8. The highest BCUT2D eigenvalue weighted by Crippen LogP contribution is 2.22. The van der Waals surface area contributed by atoms with Crippen molar-refractivity contribution in [3.8, 4) is 12.3 Å². The van der Waals surface area contributed by atoms with E-state index in [9.17, 15) is 0 Å². The summed E-state index contributed by atoms with van der Waals surface area (Å²) < 4.78 is 0. The molecule has 0 aliphatic rings. The van der Waals surface area contributed by atoms with E-state index in [0.29, 0.717) is 0 Å². The molecule has 0 fully saturated rings. The second-order valence-electron chi connectivity index (χ2n) is 3.49. The molecule has 1 N–H and O–H groups in total. The van der Waals surface area contributed by atoms with E-state index in [4.69, 9.17) is 6.42 Å². The fourth-order valence-electron chi connectivity index (χ4n) is 1.46. The summed E-state index contributed by atoms with van der Waals surface area (Å²) in [5.41, 5.74) is 3.77. The molecule has 1 unspecified atom stereocenters. The number of thiazole rings is 1. The minimum absolute atomic E-state index is 0.250. The van der Waals surface area contributed by atoms with E-state index in [2.05, 4.69) is 23.1 Å². The Morgan fingerprint density at radius 3 is 3.06 bits per heavy atom. The first-order chi connectivity index (χ1) is 7.79. The van der Waals surface area contributed by atoms with Crippen LogP contribution in [0.2, 0.25) is 0 Å². The van der Waals surface area contributed by atoms with Gasteiger partial charge in [-0.3, -0.25) is 4.98 Å². The van der Waals surface area contributed by atoms with Gasteiger partial charge in [-0.25, -0.2) is 0 Å². The van der Waals surface area contributed by atoms with E-state index in [1.807, 2.05) is 36.0 Å². The van der Waals surface area contributed by atoms with Crippen LogP contribution in [0.5, 0.6) is 0 Å². The lowest BCUT2D eigenvalue weighted by molar-refractivity contribution is 0.903. The molecule has 0 saturated heterocycles. The van der Waals surface area contributed by atoms with E-state index in [1.54, 1.807) is 11.3 Å². The van der Waals surface area contributed by atoms with Crippen LogP contribution in [0.25, 0.3) is 0 Å². The first-order valence-corrected chi connectivity index (χ1v) is 5.89. The molecule has 3 heteroatoms. The number of anilines is 1. The van der Waals surface area contributed by atoms with Crippen molar-refractivity contribution in [1.82, 2.24) is 4.98 Å². The predicted molar refractivity (Wildman–Crippen MR) is 68.5 cm³/mol. The number of hydrogen-bond acceptors (Lipinski definition) is 3. The molecule has 0 saturated carbocycles. The van der Waals surface area contributed by atoms with Crippen LogP contribution in [0.3, 0.4) is 0 Å². The highest BCUT2D eigenvalue weighted by molar-refractivity contribution is 7.09. The van der Waals surface area contributed by atoms with Gasteiger partial charge in [-0.2, -0.15) is 0 Å². The maximum absolute atomic E-state index is 5.36. The Labute approximate surface area is 99.4 Å². The van der Waals surface area contributed by atoms with Crippen molar-refractivity contribution in [2.24, 2.45) is 0 Å². The summed E-state index contributed by atoms with van der Waals surface area (Å²) in [6.45, 7) is 2.11. The molecular weight excluding hydrogens is 216 g/mol. The van der Waals surface area contributed by atoms with Gasteiger partial charge in [0.25, 0.3) is 0 Å². The van der Waals surface area contributed by atoms with Gasteiger partial charge in [-0.1, -0.05) is 12.0 Å². The van der Waals surface area contributed by atoms with Crippen molar-refractivity contribution in [3.05, 3.63) is 46.4 Å². The molecule has 2 aromatic rings. The zero-order valence-corrected chi connectivity index (χ0v) is 9.79. The molecule has 0 amide bonds. The standard InChI is InChI=1S/C13H12N2S/c1-3-11-5-4-6-12(7-11)15-10(2)13-8-14-9-16-13/h1,4-10,15H,2H3. The summed E-state index contributed by atoms with van der Waals surface area (Å²) in [7, 11) is 0. The van der Waals surface area contributed by atoms with Crippen LogP contribution in [-0.4, -0.2) is 4.98 Å². The Bertz CT molecular complexity index is 497. The molecular formula is C13H12N2S. The third-order valence-electron chi connectivity index (χ3n) is 2.29. The molecule has 2 rings (SSSR count). The van der Waals surface area contributed by atoms with E-state index >= 15 is 0 Å². The summed E-state index contributed by atoms with van der Waals surface area (Å²) in [6.07, 6.45) is 7.24. The van der Waals surface area contributed by atoms with Crippen LogP contribution < -0.4 is 5.32 Å². The minimum Gasteiger partial charge on any atom is -0.378 e. The van der Waals surface area contributed by atoms with E-state index in [-0.39, 0.29) is 6.04 Å². The van der Waals surface area contributed by atoms with Gasteiger partial charge < -0.3 is 5.32 Å². The Balaban J connectivity index is 2.12. The number of rotatable bonds is 3. The van der Waals surface area contributed by atoms with Gasteiger partial charge in [-0.05, 0) is 25.1 Å². The summed E-state index contributed by atoms with van der Waals surface area (Å²) in [5.74, 6) is 2.63. The monoisotopic (exact) mass is 228 g/mol. The number of nitrogens with one attached hydrogen (secondary N) is 1. The van der Waals surface area contributed by atoms with Crippen LogP contribution in [0.4, 0.5) is 5.69 Å². The van der Waals surface area contributed by atoms with Crippen molar-refractivity contribution < 1.29 is 0 Å². The number of nitrogens with zero attached hydrogens (tertiary/aromatic N) is 1. The summed E-state index contributed by atoms with van der Waals surface area (Å²) in [4.78, 5) is 5.28. The molecule has 0 aliphatic carbocycles. The minimum atomic E-state index is 0.250. The molecule has 16 heavy (non-hydrogen) atoms. The molecule has 0 spiro atoms. The summed E-state index contributed by atoms with van der Waals surface area (Å²) in [6, 6.07) is 8.11. The molecule has 1 atom stereocenters. The summed E-state index contributed by atoms with van der Waals surface area (Å²) in [5, 5.41) is 3.39. The molecule has 0 radical (unpaired) electrons. The molecule has 1 heterocycles. The Kier molecular flexibility index (Phi) is 3.23. The zero-order chi connectivity index (χ0) is 11.4. The van der Waals surface area contributed by atoms with Crippen LogP contribution in [0.1, 0.15) is 23.4 Å². The molecule has 2 nitrogen and oxygen atoms in total. The first-order valence-electron chi connectivity index (χ1n) is 5.01. The van der Waals surface area contributed by atoms with Crippen LogP contribution in [0.15, 0.2) is 36.0 Å². The average molecular weight is 228 g/mol. The van der Waals surface area contributed by atoms with Crippen molar-refractivity contribution in [1.29, 1.82) is 0 Å². The first kappa shape index (κ1) is 10.7. The quantitative estimate of drug-likeness (QED) is 0.815. The number of terminal acetylenes is 1. The smallest absolute Gasteiger partial charge is 0.0795 e. The number of benzene rings is 1. The fourth-order valence-corrected chi connectivity index (χ4v) is 2.09. The predicted octanol–water partition coefficient (Wildman–Crippen LogP) is 3.30. The third kappa shape index (κ3) is 2.41. The summed E-state index contributed by atoms with van der Waals surface area (Å²) >= 11 is 1.65. The van der Waals surface area contributed by atoms with Crippen molar-refractivity contribution in [2.45, 2.75) is 13.0 Å². The molecule has 0 aliphatic heterocycles. The fraction of sp³-hybridized carbons (Fsp3) is 0.154. The van der Waals surface area contributed by atoms with Gasteiger partial charge in [-0.15, -0.1) is 17.8 Å². The maximum Gasteiger partial charge on any atom is 0.0795 e. The molecule has 80 valence electrons. The lowest BCUT2D eigenvalue weighted by Gasteiger charge is -2.13. The Hall–Kier alpha value is -1.79. The third-order valence-corrected chi connectivity index (χ3v) is 3.25.